The van der Waals surface area contributed by atoms with E-state index in [1.54, 1.807) is 17.5 Å². The Labute approximate surface area is 122 Å². The van der Waals surface area contributed by atoms with E-state index in [0.717, 1.165) is 35.5 Å². The van der Waals surface area contributed by atoms with Crippen LogP contribution in [0.15, 0.2) is 11.6 Å². The highest BCUT2D eigenvalue weighted by molar-refractivity contribution is 7.09. The molecule has 0 unspecified atom stereocenters. The molecule has 2 heterocycles. The number of hydrogen-bond donors (Lipinski definition) is 1. The van der Waals surface area contributed by atoms with Gasteiger partial charge in [-0.15, -0.1) is 16.4 Å². The van der Waals surface area contributed by atoms with Gasteiger partial charge in [-0.2, -0.15) is 10.4 Å². The van der Waals surface area contributed by atoms with Gasteiger partial charge in [0.15, 0.2) is 5.82 Å². The van der Waals surface area contributed by atoms with E-state index < -0.39 is 0 Å². The first-order valence-corrected chi connectivity index (χ1v) is 7.58. The second-order valence-corrected chi connectivity index (χ2v) is 5.25. The monoisotopic (exact) mass is 287 g/mol. The van der Waals surface area contributed by atoms with Crippen LogP contribution in [0.1, 0.15) is 35.7 Å². The molecule has 0 saturated carbocycles. The number of rotatable bonds is 6. The summed E-state index contributed by atoms with van der Waals surface area (Å²) in [4.78, 5) is 4.23. The van der Waals surface area contributed by atoms with Crippen LogP contribution in [0.2, 0.25) is 0 Å². The van der Waals surface area contributed by atoms with Crippen molar-refractivity contribution >= 4 is 17.2 Å². The minimum absolute atomic E-state index is 0.582. The smallest absolute Gasteiger partial charge is 0.166 e. The summed E-state index contributed by atoms with van der Waals surface area (Å²) in [6.45, 7) is 4.77. The molecular formula is C14H17N5S. The Morgan fingerprint density at radius 1 is 1.30 bits per heavy atom. The van der Waals surface area contributed by atoms with Gasteiger partial charge in [0.25, 0.3) is 0 Å². The Balaban J connectivity index is 2.13. The summed E-state index contributed by atoms with van der Waals surface area (Å²) < 4.78 is 0. The van der Waals surface area contributed by atoms with E-state index in [4.69, 9.17) is 0 Å². The predicted molar refractivity (Wildman–Crippen MR) is 79.8 cm³/mol. The molecule has 0 fully saturated rings. The summed E-state index contributed by atoms with van der Waals surface area (Å²) in [6.07, 6.45) is 4.21. The molecule has 0 atom stereocenters. The largest absolute Gasteiger partial charge is 0.367 e. The van der Waals surface area contributed by atoms with Crippen LogP contribution in [0.3, 0.4) is 0 Å². The van der Waals surface area contributed by atoms with Crippen LogP contribution >= 0.6 is 11.3 Å². The quantitative estimate of drug-likeness (QED) is 0.884. The maximum Gasteiger partial charge on any atom is 0.166 e. The summed E-state index contributed by atoms with van der Waals surface area (Å²) in [6, 6.07) is 2.26. The Kier molecular flexibility index (Phi) is 5.02. The molecule has 0 saturated heterocycles. The average Bonchev–Trinajstić information content (AvgIpc) is 2.99. The normalized spacial score (nSPS) is 10.2. The lowest BCUT2D eigenvalue weighted by atomic mass is 10.0. The summed E-state index contributed by atoms with van der Waals surface area (Å²) in [5, 5.41) is 24.0. The third-order valence-corrected chi connectivity index (χ3v) is 3.91. The van der Waals surface area contributed by atoms with Crippen molar-refractivity contribution in [3.63, 3.8) is 0 Å². The lowest BCUT2D eigenvalue weighted by molar-refractivity contribution is 0.865. The number of aromatic nitrogens is 3. The summed E-state index contributed by atoms with van der Waals surface area (Å²) in [5.74, 6) is 0.582. The van der Waals surface area contributed by atoms with Crippen molar-refractivity contribution in [3.8, 4) is 6.07 Å². The van der Waals surface area contributed by atoms with Gasteiger partial charge in [-0.1, -0.05) is 13.8 Å². The van der Waals surface area contributed by atoms with E-state index in [1.807, 2.05) is 19.2 Å². The number of thiazole rings is 1. The van der Waals surface area contributed by atoms with Crippen LogP contribution < -0.4 is 5.32 Å². The van der Waals surface area contributed by atoms with Crippen molar-refractivity contribution in [1.29, 1.82) is 5.26 Å². The molecule has 2 rings (SSSR count). The van der Waals surface area contributed by atoms with Crippen molar-refractivity contribution in [3.05, 3.63) is 33.4 Å². The highest BCUT2D eigenvalue weighted by Gasteiger charge is 2.13. The molecule has 104 valence electrons. The van der Waals surface area contributed by atoms with Gasteiger partial charge in [-0.3, -0.25) is 0 Å². The van der Waals surface area contributed by atoms with Gasteiger partial charge in [-0.25, -0.2) is 4.98 Å². The van der Waals surface area contributed by atoms with Crippen LogP contribution in [0, 0.1) is 11.3 Å². The fraction of sp³-hybridized carbons (Fsp3) is 0.429. The second-order valence-electron chi connectivity index (χ2n) is 4.27. The lowest BCUT2D eigenvalue weighted by Gasteiger charge is -2.11. The third kappa shape index (κ3) is 3.11. The van der Waals surface area contributed by atoms with Crippen molar-refractivity contribution < 1.29 is 0 Å². The molecule has 0 bridgehead atoms. The van der Waals surface area contributed by atoms with Crippen molar-refractivity contribution in [2.45, 2.75) is 33.1 Å². The van der Waals surface area contributed by atoms with Crippen LogP contribution in [0.4, 0.5) is 5.82 Å². The average molecular weight is 287 g/mol. The molecule has 0 radical (unpaired) electrons. The first-order chi connectivity index (χ1) is 9.80. The second kappa shape index (κ2) is 6.96. The maximum atomic E-state index is 9.37. The number of nitrogens with zero attached hydrogens (tertiary/aromatic N) is 4. The molecule has 0 spiro atoms. The van der Waals surface area contributed by atoms with Crippen LogP contribution in [-0.4, -0.2) is 21.7 Å². The van der Waals surface area contributed by atoms with Gasteiger partial charge in [0, 0.05) is 24.5 Å². The molecule has 5 nitrogen and oxygen atoms in total. The van der Waals surface area contributed by atoms with Gasteiger partial charge in [0.1, 0.15) is 11.6 Å². The van der Waals surface area contributed by atoms with E-state index >= 15 is 0 Å². The number of nitrogens with one attached hydrogen (secondary N) is 1. The summed E-state index contributed by atoms with van der Waals surface area (Å²) >= 11 is 1.63. The molecule has 1 N–H and O–H groups in total. The fourth-order valence-electron chi connectivity index (χ4n) is 2.08. The number of anilines is 1. The molecule has 6 heteroatoms. The number of nitriles is 1. The molecule has 20 heavy (non-hydrogen) atoms. The Bertz CT molecular complexity index is 601. The molecule has 0 amide bonds. The molecule has 0 aliphatic rings. The Hall–Kier alpha value is -2.00. The van der Waals surface area contributed by atoms with E-state index in [9.17, 15) is 5.26 Å². The zero-order chi connectivity index (χ0) is 14.4. The minimum atomic E-state index is 0.582. The topological polar surface area (TPSA) is 74.5 Å². The molecule has 2 aromatic heterocycles. The molecular weight excluding hydrogens is 270 g/mol. The zero-order valence-electron chi connectivity index (χ0n) is 11.7. The third-order valence-electron chi connectivity index (χ3n) is 3.07. The molecule has 0 aliphatic heterocycles. The fourth-order valence-corrected chi connectivity index (χ4v) is 2.70. The van der Waals surface area contributed by atoms with E-state index in [0.29, 0.717) is 17.9 Å². The maximum absolute atomic E-state index is 9.37. The van der Waals surface area contributed by atoms with Crippen molar-refractivity contribution in [2.24, 2.45) is 0 Å². The van der Waals surface area contributed by atoms with E-state index in [1.165, 1.54) is 0 Å². The summed E-state index contributed by atoms with van der Waals surface area (Å²) in [5.41, 5.74) is 2.54. The Morgan fingerprint density at radius 3 is 2.75 bits per heavy atom. The molecule has 0 aliphatic carbocycles. The van der Waals surface area contributed by atoms with Crippen molar-refractivity contribution in [2.75, 3.05) is 11.9 Å². The SMILES string of the molecule is CCc1nnc(NCCc2nccs2)c(C#N)c1CC. The van der Waals surface area contributed by atoms with Gasteiger partial charge in [-0.05, 0) is 18.4 Å². The van der Waals surface area contributed by atoms with Crippen LogP contribution in [0.5, 0.6) is 0 Å². The number of aryl methyl sites for hydroxylation is 1. The summed E-state index contributed by atoms with van der Waals surface area (Å²) in [7, 11) is 0. The highest BCUT2D eigenvalue weighted by Crippen LogP contribution is 2.19. The standard InChI is InChI=1S/C14H17N5S/c1-3-10-11(9-15)14(19-18-12(10)4-2)17-6-5-13-16-7-8-20-13/h7-8H,3-6H2,1-2H3,(H,17,19). The first-order valence-electron chi connectivity index (χ1n) is 6.70. The van der Waals surface area contributed by atoms with Crippen LogP contribution in [0.25, 0.3) is 0 Å². The first kappa shape index (κ1) is 14.4. The zero-order valence-corrected chi connectivity index (χ0v) is 12.5. The molecule has 2 aromatic rings. The van der Waals surface area contributed by atoms with Gasteiger partial charge >= 0.3 is 0 Å². The van der Waals surface area contributed by atoms with Crippen LogP contribution in [-0.2, 0) is 19.3 Å². The Morgan fingerprint density at radius 2 is 2.15 bits per heavy atom. The highest BCUT2D eigenvalue weighted by atomic mass is 32.1. The van der Waals surface area contributed by atoms with Gasteiger partial charge < -0.3 is 5.32 Å². The van der Waals surface area contributed by atoms with E-state index in [-0.39, 0.29) is 0 Å². The minimum Gasteiger partial charge on any atom is -0.367 e. The van der Waals surface area contributed by atoms with Gasteiger partial charge in [0.05, 0.1) is 10.7 Å². The predicted octanol–water partition coefficient (Wildman–Crippen LogP) is 2.58. The number of hydrogen-bond acceptors (Lipinski definition) is 6. The lowest BCUT2D eigenvalue weighted by Crippen LogP contribution is -2.12. The van der Waals surface area contributed by atoms with Gasteiger partial charge in [0.2, 0.25) is 0 Å². The van der Waals surface area contributed by atoms with Crippen molar-refractivity contribution in [1.82, 2.24) is 15.2 Å². The van der Waals surface area contributed by atoms with E-state index in [2.05, 4.69) is 26.6 Å². The molecule has 0 aromatic carbocycles.